The van der Waals surface area contributed by atoms with E-state index in [1.165, 1.54) is 36.7 Å². The number of hydrogen-bond donors (Lipinski definition) is 3. The number of nitrogens with two attached hydrogens (primary N) is 1. The summed E-state index contributed by atoms with van der Waals surface area (Å²) in [6.45, 7) is 3.74. The number of nitrogen functional groups attached to an aromatic ring is 1. The van der Waals surface area contributed by atoms with Crippen LogP contribution in [-0.4, -0.2) is 37.1 Å². The molecule has 204 valence electrons. The highest BCUT2D eigenvalue weighted by Crippen LogP contribution is 2.34. The van der Waals surface area contributed by atoms with E-state index in [-0.39, 0.29) is 23.0 Å². The van der Waals surface area contributed by atoms with Crippen LogP contribution in [0.3, 0.4) is 0 Å². The molecule has 0 bridgehead atoms. The van der Waals surface area contributed by atoms with Gasteiger partial charge in [-0.3, -0.25) is 9.59 Å². The van der Waals surface area contributed by atoms with E-state index in [0.29, 0.717) is 39.2 Å². The van der Waals surface area contributed by atoms with Gasteiger partial charge in [0.05, 0.1) is 34.4 Å². The summed E-state index contributed by atoms with van der Waals surface area (Å²) >= 11 is 0. The van der Waals surface area contributed by atoms with Gasteiger partial charge in [0.15, 0.2) is 0 Å². The SMILES string of the molecule is CC(C)c1cc(C(=O)Nc2ccc(-c3[nH]c(CC(F)F)c4ncnc(N)c34)cc2)c(=O)n(-c2ccc(F)cc2)n1. The Labute approximate surface area is 225 Å². The molecule has 1 amide bonds. The topological polar surface area (TPSA) is 132 Å². The molecular weight excluding hydrogens is 523 g/mol. The second-order valence-corrected chi connectivity index (χ2v) is 9.42. The van der Waals surface area contributed by atoms with Crippen LogP contribution in [0.15, 0.2) is 65.7 Å². The zero-order valence-corrected chi connectivity index (χ0v) is 21.5. The van der Waals surface area contributed by atoms with Gasteiger partial charge in [-0.25, -0.2) is 23.1 Å². The van der Waals surface area contributed by atoms with Crippen molar-refractivity contribution in [3.05, 3.63) is 94.0 Å². The highest BCUT2D eigenvalue weighted by Gasteiger charge is 2.20. The molecule has 0 unspecified atom stereocenters. The Morgan fingerprint density at radius 3 is 2.42 bits per heavy atom. The standard InChI is InChI=1S/C28H24F3N7O2/c1-14(2)20-11-19(28(40)38(37-20)18-9-5-16(29)6-10-18)27(39)35-17-7-3-15(4-8-17)24-23-25(33-13-34-26(23)32)21(36-24)12-22(30)31/h3-11,13-14,22,36H,12H2,1-2H3,(H,35,39)(H2,32,33,34). The van der Waals surface area contributed by atoms with Crippen LogP contribution >= 0.6 is 0 Å². The summed E-state index contributed by atoms with van der Waals surface area (Å²) in [6.07, 6.45) is -1.89. The zero-order valence-electron chi connectivity index (χ0n) is 21.5. The number of carbonyl (C=O) groups is 1. The zero-order chi connectivity index (χ0) is 28.6. The molecule has 0 aliphatic rings. The van der Waals surface area contributed by atoms with Gasteiger partial charge in [-0.2, -0.15) is 9.78 Å². The summed E-state index contributed by atoms with van der Waals surface area (Å²) in [5.41, 5.74) is 8.08. The lowest BCUT2D eigenvalue weighted by Gasteiger charge is -2.13. The molecule has 9 nitrogen and oxygen atoms in total. The van der Waals surface area contributed by atoms with Crippen molar-refractivity contribution in [1.82, 2.24) is 24.7 Å². The van der Waals surface area contributed by atoms with Gasteiger partial charge in [-0.15, -0.1) is 0 Å². The Hall–Kier alpha value is -5.00. The summed E-state index contributed by atoms with van der Waals surface area (Å²) in [4.78, 5) is 37.5. The molecule has 2 aromatic carbocycles. The van der Waals surface area contributed by atoms with Crippen molar-refractivity contribution in [2.45, 2.75) is 32.6 Å². The van der Waals surface area contributed by atoms with E-state index in [4.69, 9.17) is 5.73 Å². The van der Waals surface area contributed by atoms with Crippen molar-refractivity contribution in [1.29, 1.82) is 0 Å². The van der Waals surface area contributed by atoms with Crippen molar-refractivity contribution in [3.63, 3.8) is 0 Å². The van der Waals surface area contributed by atoms with Crippen molar-refractivity contribution in [2.24, 2.45) is 0 Å². The quantitative estimate of drug-likeness (QED) is 0.261. The molecule has 4 N–H and O–H groups in total. The third-order valence-electron chi connectivity index (χ3n) is 6.32. The fourth-order valence-electron chi connectivity index (χ4n) is 4.30. The second kappa shape index (κ2) is 10.6. The maximum absolute atomic E-state index is 13.4. The third-order valence-corrected chi connectivity index (χ3v) is 6.32. The molecule has 3 heterocycles. The molecule has 5 rings (SSSR count). The number of carbonyl (C=O) groups excluding carboxylic acids is 1. The summed E-state index contributed by atoms with van der Waals surface area (Å²) in [6, 6.07) is 13.2. The number of nitrogens with one attached hydrogen (secondary N) is 2. The Balaban J connectivity index is 1.47. The number of aromatic nitrogens is 5. The Bertz CT molecular complexity index is 1760. The molecule has 0 saturated heterocycles. The molecule has 0 radical (unpaired) electrons. The van der Waals surface area contributed by atoms with E-state index in [0.717, 1.165) is 4.68 Å². The highest BCUT2D eigenvalue weighted by atomic mass is 19.3. The van der Waals surface area contributed by atoms with Crippen LogP contribution in [0.25, 0.3) is 27.8 Å². The number of anilines is 2. The van der Waals surface area contributed by atoms with Crippen LogP contribution in [0.1, 0.15) is 41.5 Å². The van der Waals surface area contributed by atoms with Crippen LogP contribution in [0, 0.1) is 5.82 Å². The minimum Gasteiger partial charge on any atom is -0.383 e. The minimum absolute atomic E-state index is 0.0971. The average Bonchev–Trinajstić information content (AvgIpc) is 3.28. The Morgan fingerprint density at radius 1 is 1.07 bits per heavy atom. The van der Waals surface area contributed by atoms with Crippen LogP contribution in [-0.2, 0) is 6.42 Å². The van der Waals surface area contributed by atoms with Gasteiger partial charge < -0.3 is 16.0 Å². The predicted molar refractivity (Wildman–Crippen MR) is 145 cm³/mol. The van der Waals surface area contributed by atoms with E-state index >= 15 is 0 Å². The molecule has 40 heavy (non-hydrogen) atoms. The van der Waals surface area contributed by atoms with E-state index < -0.39 is 30.1 Å². The van der Waals surface area contributed by atoms with Crippen LogP contribution < -0.4 is 16.6 Å². The molecule has 0 atom stereocenters. The number of hydrogen-bond acceptors (Lipinski definition) is 6. The first-order valence-corrected chi connectivity index (χ1v) is 12.3. The molecule has 3 aromatic heterocycles. The first-order chi connectivity index (χ1) is 19.1. The largest absolute Gasteiger partial charge is 0.383 e. The summed E-state index contributed by atoms with van der Waals surface area (Å²) < 4.78 is 40.8. The number of fused-ring (bicyclic) bond motifs is 1. The molecule has 0 saturated carbocycles. The van der Waals surface area contributed by atoms with Crippen molar-refractivity contribution >= 4 is 28.3 Å². The number of alkyl halides is 2. The molecule has 0 fully saturated rings. The number of amides is 1. The van der Waals surface area contributed by atoms with Gasteiger partial charge in [0.1, 0.15) is 23.5 Å². The monoisotopic (exact) mass is 547 g/mol. The van der Waals surface area contributed by atoms with Crippen molar-refractivity contribution < 1.29 is 18.0 Å². The van der Waals surface area contributed by atoms with Gasteiger partial charge in [0.25, 0.3) is 11.5 Å². The van der Waals surface area contributed by atoms with Gasteiger partial charge in [-0.05, 0) is 53.9 Å². The number of halogens is 3. The molecule has 0 aliphatic carbocycles. The first-order valence-electron chi connectivity index (χ1n) is 12.3. The third kappa shape index (κ3) is 5.15. The lowest BCUT2D eigenvalue weighted by Crippen LogP contribution is -2.31. The summed E-state index contributed by atoms with van der Waals surface area (Å²) in [7, 11) is 0. The smallest absolute Gasteiger partial charge is 0.284 e. The molecular formula is C28H24F3N7O2. The van der Waals surface area contributed by atoms with E-state index in [2.05, 4.69) is 25.4 Å². The summed E-state index contributed by atoms with van der Waals surface area (Å²) in [5.74, 6) is -1.07. The Morgan fingerprint density at radius 2 is 1.77 bits per heavy atom. The van der Waals surface area contributed by atoms with Crippen molar-refractivity contribution in [2.75, 3.05) is 11.1 Å². The number of rotatable bonds is 7. The van der Waals surface area contributed by atoms with Crippen LogP contribution in [0.4, 0.5) is 24.7 Å². The highest BCUT2D eigenvalue weighted by molar-refractivity contribution is 6.05. The van der Waals surface area contributed by atoms with Crippen LogP contribution in [0.2, 0.25) is 0 Å². The fraction of sp³-hybridized carbons (Fsp3) is 0.179. The number of aromatic amines is 1. The Kier molecular flexibility index (Phi) is 7.07. The lowest BCUT2D eigenvalue weighted by atomic mass is 10.1. The van der Waals surface area contributed by atoms with Crippen LogP contribution in [0.5, 0.6) is 0 Å². The number of benzene rings is 2. The minimum atomic E-state index is -2.58. The molecule has 0 spiro atoms. The fourth-order valence-corrected chi connectivity index (χ4v) is 4.30. The maximum Gasteiger partial charge on any atom is 0.284 e. The number of nitrogens with zero attached hydrogens (tertiary/aromatic N) is 4. The average molecular weight is 548 g/mol. The maximum atomic E-state index is 13.4. The number of H-pyrrole nitrogens is 1. The second-order valence-electron chi connectivity index (χ2n) is 9.42. The molecule has 12 heteroatoms. The van der Waals surface area contributed by atoms with Gasteiger partial charge in [0, 0.05) is 11.4 Å². The van der Waals surface area contributed by atoms with Gasteiger partial charge in [-0.1, -0.05) is 26.0 Å². The van der Waals surface area contributed by atoms with E-state index in [1.54, 1.807) is 24.3 Å². The molecule has 5 aromatic rings. The first kappa shape index (κ1) is 26.6. The molecule has 0 aliphatic heterocycles. The van der Waals surface area contributed by atoms with Gasteiger partial charge >= 0.3 is 0 Å². The van der Waals surface area contributed by atoms with Gasteiger partial charge in [0.2, 0.25) is 6.43 Å². The lowest BCUT2D eigenvalue weighted by molar-refractivity contribution is 0.102. The van der Waals surface area contributed by atoms with Crippen molar-refractivity contribution in [3.8, 4) is 16.9 Å². The van der Waals surface area contributed by atoms with E-state index in [9.17, 15) is 22.8 Å². The normalized spacial score (nSPS) is 11.5. The van der Waals surface area contributed by atoms with E-state index in [1.807, 2.05) is 13.8 Å². The predicted octanol–water partition coefficient (Wildman–Crippen LogP) is 5.08. The summed E-state index contributed by atoms with van der Waals surface area (Å²) in [5, 5.41) is 7.49.